The van der Waals surface area contributed by atoms with Gasteiger partial charge >= 0.3 is 0 Å². The fourth-order valence-electron chi connectivity index (χ4n) is 8.31. The third-order valence-corrected chi connectivity index (χ3v) is 11.5. The molecule has 12 rings (SSSR count). The molecular formula is C44H24N4OS. The smallest absolute Gasteiger partial charge is 0.235 e. The van der Waals surface area contributed by atoms with Gasteiger partial charge in [-0.25, -0.2) is 9.97 Å². The van der Waals surface area contributed by atoms with Crippen molar-refractivity contribution in [2.75, 3.05) is 0 Å². The van der Waals surface area contributed by atoms with Crippen LogP contribution >= 0.6 is 11.8 Å². The standard InChI is InChI=1S/C44H24N4OS/c1-2-11-25(12-3-1)47-32-23-24-35-40(27-14-5-8-18-34(27)49-35)38(32)29-21-22-33-39(43(29)47)26-13-4-7-17-31(26)48(33)44-45-30-16-10-20-37-41(30)42(46-44)28-15-6-9-19-36(28)50-37/h1-24H. The molecule has 0 bridgehead atoms. The molecule has 0 saturated carbocycles. The van der Waals surface area contributed by atoms with Crippen LogP contribution in [0.5, 0.6) is 0 Å². The Labute approximate surface area is 289 Å². The molecule has 50 heavy (non-hydrogen) atoms. The van der Waals surface area contributed by atoms with Crippen molar-refractivity contribution in [2.24, 2.45) is 0 Å². The van der Waals surface area contributed by atoms with Crippen molar-refractivity contribution in [2.45, 2.75) is 9.79 Å². The first kappa shape index (κ1) is 26.6. The SMILES string of the molecule is c1ccc(-n2c3ccc4oc5ccccc5c4c3c3ccc4c(c5ccccc5n4-c4nc5c6c(cccc6n4)Sc4ccccc4-5)c32)cc1. The van der Waals surface area contributed by atoms with Crippen LogP contribution < -0.4 is 0 Å². The Morgan fingerprint density at radius 1 is 0.460 bits per heavy atom. The van der Waals surface area contributed by atoms with Crippen LogP contribution in [0.4, 0.5) is 0 Å². The number of benzene rings is 7. The van der Waals surface area contributed by atoms with Crippen LogP contribution in [0.15, 0.2) is 160 Å². The van der Waals surface area contributed by atoms with E-state index in [1.54, 1.807) is 11.8 Å². The first-order valence-electron chi connectivity index (χ1n) is 16.8. The van der Waals surface area contributed by atoms with E-state index >= 15 is 0 Å². The molecule has 5 nitrogen and oxygen atoms in total. The second-order valence-corrected chi connectivity index (χ2v) is 14.0. The summed E-state index contributed by atoms with van der Waals surface area (Å²) in [6.45, 7) is 0. The summed E-state index contributed by atoms with van der Waals surface area (Å²) < 4.78 is 11.1. The highest BCUT2D eigenvalue weighted by Gasteiger charge is 2.26. The van der Waals surface area contributed by atoms with E-state index in [1.807, 2.05) is 6.07 Å². The summed E-state index contributed by atoms with van der Waals surface area (Å²) in [5.41, 5.74) is 10.4. The lowest BCUT2D eigenvalue weighted by molar-refractivity contribution is 0.669. The first-order chi connectivity index (χ1) is 24.8. The molecule has 0 saturated heterocycles. The molecule has 0 N–H and O–H groups in total. The van der Waals surface area contributed by atoms with E-state index in [0.29, 0.717) is 5.95 Å². The highest BCUT2D eigenvalue weighted by Crippen LogP contribution is 2.48. The van der Waals surface area contributed by atoms with Gasteiger partial charge in [0.1, 0.15) is 11.2 Å². The molecule has 0 aliphatic carbocycles. The minimum absolute atomic E-state index is 0.669. The second kappa shape index (κ2) is 9.62. The van der Waals surface area contributed by atoms with Crippen molar-refractivity contribution >= 4 is 88.2 Å². The van der Waals surface area contributed by atoms with Gasteiger partial charge in [0.15, 0.2) is 0 Å². The van der Waals surface area contributed by atoms with Gasteiger partial charge in [-0.1, -0.05) is 96.7 Å². The van der Waals surface area contributed by atoms with Crippen LogP contribution in [0.2, 0.25) is 0 Å². The molecule has 6 heteroatoms. The zero-order chi connectivity index (χ0) is 32.5. The van der Waals surface area contributed by atoms with E-state index in [9.17, 15) is 0 Å². The summed E-state index contributed by atoms with van der Waals surface area (Å²) in [7, 11) is 0. The number of fused-ring (bicyclic) bond motifs is 13. The minimum atomic E-state index is 0.669. The normalized spacial score (nSPS) is 12.7. The number of furan rings is 1. The lowest BCUT2D eigenvalue weighted by Crippen LogP contribution is -2.05. The maximum atomic E-state index is 6.41. The van der Waals surface area contributed by atoms with E-state index in [4.69, 9.17) is 14.4 Å². The molecule has 0 amide bonds. The van der Waals surface area contributed by atoms with Gasteiger partial charge in [0.25, 0.3) is 0 Å². The third kappa shape index (κ3) is 3.38. The highest BCUT2D eigenvalue weighted by molar-refractivity contribution is 7.99. The van der Waals surface area contributed by atoms with Crippen LogP contribution in [-0.4, -0.2) is 19.1 Å². The molecule has 11 aromatic rings. The quantitative estimate of drug-likeness (QED) is 0.186. The highest BCUT2D eigenvalue weighted by atomic mass is 32.2. The van der Waals surface area contributed by atoms with E-state index in [0.717, 1.165) is 77.2 Å². The fourth-order valence-corrected chi connectivity index (χ4v) is 9.42. The monoisotopic (exact) mass is 656 g/mol. The minimum Gasteiger partial charge on any atom is -0.456 e. The van der Waals surface area contributed by atoms with E-state index < -0.39 is 0 Å². The lowest BCUT2D eigenvalue weighted by atomic mass is 10.0. The average molecular weight is 657 g/mol. The van der Waals surface area contributed by atoms with Crippen LogP contribution in [0, 0.1) is 0 Å². The van der Waals surface area contributed by atoms with Gasteiger partial charge in [0, 0.05) is 58.7 Å². The Morgan fingerprint density at radius 3 is 2.16 bits per heavy atom. The zero-order valence-corrected chi connectivity index (χ0v) is 27.3. The molecule has 1 aliphatic heterocycles. The summed E-state index contributed by atoms with van der Waals surface area (Å²) in [6.07, 6.45) is 0. The molecule has 5 heterocycles. The number of hydrogen-bond donors (Lipinski definition) is 0. The molecule has 0 atom stereocenters. The molecule has 1 aliphatic rings. The molecule has 0 radical (unpaired) electrons. The Morgan fingerprint density at radius 2 is 1.22 bits per heavy atom. The van der Waals surface area contributed by atoms with Crippen LogP contribution in [0.25, 0.3) is 99.3 Å². The number of rotatable bonds is 2. The third-order valence-electron chi connectivity index (χ3n) is 10.3. The van der Waals surface area contributed by atoms with Crippen molar-refractivity contribution in [3.63, 3.8) is 0 Å². The zero-order valence-electron chi connectivity index (χ0n) is 26.5. The Hall–Kier alpha value is -6.37. The lowest BCUT2D eigenvalue weighted by Gasteiger charge is -2.20. The van der Waals surface area contributed by atoms with Crippen molar-refractivity contribution in [3.05, 3.63) is 146 Å². The van der Waals surface area contributed by atoms with Gasteiger partial charge in [-0.15, -0.1) is 0 Å². The molecule has 7 aromatic carbocycles. The van der Waals surface area contributed by atoms with Crippen molar-refractivity contribution in [1.82, 2.24) is 19.1 Å². The second-order valence-electron chi connectivity index (χ2n) is 12.9. The van der Waals surface area contributed by atoms with E-state index in [1.165, 1.54) is 25.9 Å². The number of nitrogens with zero attached hydrogens (tertiary/aromatic N) is 4. The summed E-state index contributed by atoms with van der Waals surface area (Å²) >= 11 is 1.79. The molecule has 4 aromatic heterocycles. The molecule has 0 spiro atoms. The van der Waals surface area contributed by atoms with Crippen LogP contribution in [-0.2, 0) is 0 Å². The summed E-state index contributed by atoms with van der Waals surface area (Å²) in [6, 6.07) is 51.5. The number of para-hydroxylation sites is 3. The maximum Gasteiger partial charge on any atom is 0.235 e. The number of aromatic nitrogens is 4. The van der Waals surface area contributed by atoms with Gasteiger partial charge in [-0.3, -0.25) is 4.57 Å². The number of hydrogen-bond acceptors (Lipinski definition) is 4. The predicted octanol–water partition coefficient (Wildman–Crippen LogP) is 11.9. The van der Waals surface area contributed by atoms with Gasteiger partial charge in [-0.2, -0.15) is 0 Å². The van der Waals surface area contributed by atoms with Gasteiger partial charge in [-0.05, 0) is 60.7 Å². The Bertz CT molecular complexity index is 3240. The molecular weight excluding hydrogens is 633 g/mol. The summed E-state index contributed by atoms with van der Waals surface area (Å²) in [5.74, 6) is 0.669. The average Bonchev–Trinajstić information content (AvgIpc) is 3.82. The maximum absolute atomic E-state index is 6.41. The predicted molar refractivity (Wildman–Crippen MR) is 205 cm³/mol. The van der Waals surface area contributed by atoms with Crippen LogP contribution in [0.1, 0.15) is 0 Å². The van der Waals surface area contributed by atoms with Gasteiger partial charge in [0.05, 0.1) is 33.3 Å². The molecule has 0 fully saturated rings. The van der Waals surface area contributed by atoms with Crippen LogP contribution in [0.3, 0.4) is 0 Å². The Balaban J connectivity index is 1.27. The Kier molecular flexibility index (Phi) is 5.11. The molecule has 0 unspecified atom stereocenters. The van der Waals surface area contributed by atoms with Crippen molar-refractivity contribution in [1.29, 1.82) is 0 Å². The van der Waals surface area contributed by atoms with Crippen molar-refractivity contribution < 1.29 is 4.42 Å². The summed E-state index contributed by atoms with van der Waals surface area (Å²) in [5, 5.41) is 8.08. The van der Waals surface area contributed by atoms with Gasteiger partial charge < -0.3 is 8.98 Å². The summed E-state index contributed by atoms with van der Waals surface area (Å²) in [4.78, 5) is 13.1. The van der Waals surface area contributed by atoms with E-state index in [-0.39, 0.29) is 0 Å². The topological polar surface area (TPSA) is 48.8 Å². The first-order valence-corrected chi connectivity index (χ1v) is 17.6. The van der Waals surface area contributed by atoms with Gasteiger partial charge in [0.2, 0.25) is 5.95 Å². The largest absolute Gasteiger partial charge is 0.456 e. The van der Waals surface area contributed by atoms with Crippen molar-refractivity contribution in [3.8, 4) is 22.9 Å². The fraction of sp³-hybridized carbons (Fsp3) is 0. The van der Waals surface area contributed by atoms with E-state index in [2.05, 4.69) is 149 Å². The molecule has 232 valence electrons.